The molecule has 2 saturated heterocycles. The van der Waals surface area contributed by atoms with E-state index in [1.165, 1.54) is 0 Å². The molecule has 152 valence electrons. The summed E-state index contributed by atoms with van der Waals surface area (Å²) in [5.74, 6) is 1.24. The van der Waals surface area contributed by atoms with E-state index < -0.39 is 0 Å². The first-order valence-electron chi connectivity index (χ1n) is 10.3. The molecule has 1 aromatic carbocycles. The van der Waals surface area contributed by atoms with Gasteiger partial charge in [-0.15, -0.1) is 0 Å². The van der Waals surface area contributed by atoms with Crippen LogP contribution in [-0.2, 0) is 16.1 Å². The number of aliphatic imine (C=N–C) groups is 1. The third kappa shape index (κ3) is 5.03. The molecule has 0 spiro atoms. The van der Waals surface area contributed by atoms with Crippen molar-refractivity contribution in [2.45, 2.75) is 39.7 Å². The highest BCUT2D eigenvalue weighted by Crippen LogP contribution is 2.21. The number of carbonyl (C=O) groups is 2. The second kappa shape index (κ2) is 9.57. The molecule has 1 aromatic rings. The fourth-order valence-corrected chi connectivity index (χ4v) is 3.69. The van der Waals surface area contributed by atoms with Gasteiger partial charge in [0.2, 0.25) is 11.8 Å². The Labute approximate surface area is 167 Å². The fourth-order valence-electron chi connectivity index (χ4n) is 3.69. The SMILES string of the molecule is CCNC(=NCc1ccc(N2CCCCC2=O)cc1)N1CCN(C(C)=O)CC1. The monoisotopic (exact) mass is 385 g/mol. The van der Waals surface area contributed by atoms with Gasteiger partial charge in [0.05, 0.1) is 6.54 Å². The van der Waals surface area contributed by atoms with E-state index in [1.807, 2.05) is 21.9 Å². The van der Waals surface area contributed by atoms with E-state index in [0.717, 1.165) is 69.3 Å². The van der Waals surface area contributed by atoms with Gasteiger partial charge in [-0.1, -0.05) is 12.1 Å². The van der Waals surface area contributed by atoms with Crippen molar-refractivity contribution in [3.63, 3.8) is 0 Å². The summed E-state index contributed by atoms with van der Waals surface area (Å²) in [7, 11) is 0. The number of piperidine rings is 1. The van der Waals surface area contributed by atoms with E-state index in [-0.39, 0.29) is 11.8 Å². The summed E-state index contributed by atoms with van der Waals surface area (Å²) in [6.07, 6.45) is 2.71. The molecule has 0 aromatic heterocycles. The van der Waals surface area contributed by atoms with Crippen LogP contribution in [0.5, 0.6) is 0 Å². The Hall–Kier alpha value is -2.57. The first-order chi connectivity index (χ1) is 13.6. The number of guanidine groups is 1. The molecule has 0 bridgehead atoms. The Morgan fingerprint density at radius 3 is 2.32 bits per heavy atom. The zero-order valence-corrected chi connectivity index (χ0v) is 17.0. The first-order valence-corrected chi connectivity index (χ1v) is 10.3. The number of benzene rings is 1. The molecule has 0 atom stereocenters. The highest BCUT2D eigenvalue weighted by atomic mass is 16.2. The van der Waals surface area contributed by atoms with E-state index in [9.17, 15) is 9.59 Å². The molecule has 3 rings (SSSR count). The molecular weight excluding hydrogens is 354 g/mol. The van der Waals surface area contributed by atoms with Gasteiger partial charge in [0.25, 0.3) is 0 Å². The minimum Gasteiger partial charge on any atom is -0.357 e. The Morgan fingerprint density at radius 2 is 1.71 bits per heavy atom. The predicted molar refractivity (Wildman–Crippen MR) is 111 cm³/mol. The molecule has 2 aliphatic heterocycles. The number of rotatable bonds is 4. The number of piperazine rings is 1. The van der Waals surface area contributed by atoms with Crippen LogP contribution in [0.15, 0.2) is 29.3 Å². The van der Waals surface area contributed by atoms with Gasteiger partial charge in [-0.25, -0.2) is 4.99 Å². The number of amides is 2. The molecule has 0 saturated carbocycles. The van der Waals surface area contributed by atoms with Gasteiger partial charge in [0, 0.05) is 58.3 Å². The van der Waals surface area contributed by atoms with E-state index in [1.54, 1.807) is 6.92 Å². The lowest BCUT2D eigenvalue weighted by atomic mass is 10.1. The van der Waals surface area contributed by atoms with Crippen LogP contribution in [0.3, 0.4) is 0 Å². The van der Waals surface area contributed by atoms with E-state index in [2.05, 4.69) is 29.3 Å². The molecule has 7 nitrogen and oxygen atoms in total. The topological polar surface area (TPSA) is 68.2 Å². The summed E-state index contributed by atoms with van der Waals surface area (Å²) in [6.45, 7) is 8.94. The van der Waals surface area contributed by atoms with Crippen LogP contribution in [0.2, 0.25) is 0 Å². The fraction of sp³-hybridized carbons (Fsp3) is 0.571. The molecule has 2 heterocycles. The van der Waals surface area contributed by atoms with Crippen molar-refractivity contribution in [3.8, 4) is 0 Å². The van der Waals surface area contributed by atoms with Crippen molar-refractivity contribution in [1.82, 2.24) is 15.1 Å². The van der Waals surface area contributed by atoms with E-state index in [0.29, 0.717) is 13.0 Å². The first kappa shape index (κ1) is 20.2. The number of anilines is 1. The maximum atomic E-state index is 12.1. The van der Waals surface area contributed by atoms with Crippen LogP contribution >= 0.6 is 0 Å². The molecule has 0 radical (unpaired) electrons. The number of nitrogens with one attached hydrogen (secondary N) is 1. The highest BCUT2D eigenvalue weighted by molar-refractivity contribution is 5.94. The lowest BCUT2D eigenvalue weighted by Crippen LogP contribution is -2.53. The second-order valence-electron chi connectivity index (χ2n) is 7.33. The Bertz CT molecular complexity index is 708. The third-order valence-corrected chi connectivity index (χ3v) is 5.34. The molecule has 7 heteroatoms. The van der Waals surface area contributed by atoms with Crippen molar-refractivity contribution in [2.75, 3.05) is 44.2 Å². The molecule has 2 fully saturated rings. The van der Waals surface area contributed by atoms with Gasteiger partial charge in [-0.2, -0.15) is 0 Å². The summed E-state index contributed by atoms with van der Waals surface area (Å²) < 4.78 is 0. The Kier molecular flexibility index (Phi) is 6.90. The Balaban J connectivity index is 1.61. The minimum absolute atomic E-state index is 0.133. The maximum Gasteiger partial charge on any atom is 0.226 e. The number of nitrogens with zero attached hydrogens (tertiary/aromatic N) is 4. The number of hydrogen-bond donors (Lipinski definition) is 1. The van der Waals surface area contributed by atoms with Crippen LogP contribution in [0.25, 0.3) is 0 Å². The van der Waals surface area contributed by atoms with E-state index >= 15 is 0 Å². The summed E-state index contributed by atoms with van der Waals surface area (Å²) >= 11 is 0. The maximum absolute atomic E-state index is 12.1. The van der Waals surface area contributed by atoms with Crippen LogP contribution in [0.1, 0.15) is 38.7 Å². The average molecular weight is 386 g/mol. The molecular formula is C21H31N5O2. The van der Waals surface area contributed by atoms with Gasteiger partial charge in [-0.3, -0.25) is 9.59 Å². The van der Waals surface area contributed by atoms with E-state index in [4.69, 9.17) is 4.99 Å². The smallest absolute Gasteiger partial charge is 0.226 e. The van der Waals surface area contributed by atoms with Crippen LogP contribution in [-0.4, -0.2) is 66.8 Å². The van der Waals surface area contributed by atoms with Crippen LogP contribution in [0, 0.1) is 0 Å². The average Bonchev–Trinajstić information content (AvgIpc) is 2.72. The minimum atomic E-state index is 0.133. The third-order valence-electron chi connectivity index (χ3n) is 5.34. The summed E-state index contributed by atoms with van der Waals surface area (Å²) in [4.78, 5) is 34.3. The van der Waals surface area contributed by atoms with Gasteiger partial charge < -0.3 is 20.0 Å². The van der Waals surface area contributed by atoms with Crippen LogP contribution in [0.4, 0.5) is 5.69 Å². The van der Waals surface area contributed by atoms with Gasteiger partial charge >= 0.3 is 0 Å². The summed E-state index contributed by atoms with van der Waals surface area (Å²) in [5, 5.41) is 3.36. The lowest BCUT2D eigenvalue weighted by Gasteiger charge is -2.36. The quantitative estimate of drug-likeness (QED) is 0.634. The molecule has 1 N–H and O–H groups in total. The summed E-state index contributed by atoms with van der Waals surface area (Å²) in [6, 6.07) is 8.15. The number of carbonyl (C=O) groups excluding carboxylic acids is 2. The zero-order chi connectivity index (χ0) is 19.9. The van der Waals surface area contributed by atoms with Crippen molar-refractivity contribution >= 4 is 23.5 Å². The van der Waals surface area contributed by atoms with Gasteiger partial charge in [-0.05, 0) is 37.5 Å². The largest absolute Gasteiger partial charge is 0.357 e. The molecule has 0 aliphatic carbocycles. The van der Waals surface area contributed by atoms with Crippen LogP contribution < -0.4 is 10.2 Å². The molecule has 2 amide bonds. The molecule has 0 unspecified atom stereocenters. The van der Waals surface area contributed by atoms with Crippen molar-refractivity contribution < 1.29 is 9.59 Å². The predicted octanol–water partition coefficient (Wildman–Crippen LogP) is 1.83. The van der Waals surface area contributed by atoms with Crippen molar-refractivity contribution in [2.24, 2.45) is 4.99 Å². The van der Waals surface area contributed by atoms with Crippen molar-refractivity contribution in [3.05, 3.63) is 29.8 Å². The lowest BCUT2D eigenvalue weighted by molar-refractivity contribution is -0.130. The normalized spacial score (nSPS) is 18.4. The highest BCUT2D eigenvalue weighted by Gasteiger charge is 2.21. The molecule has 2 aliphatic rings. The Morgan fingerprint density at radius 1 is 1.04 bits per heavy atom. The standard InChI is InChI=1S/C21H31N5O2/c1-3-22-21(25-14-12-24(13-15-25)17(2)27)23-16-18-7-9-19(10-8-18)26-11-5-4-6-20(26)28/h7-10H,3-6,11-16H2,1-2H3,(H,22,23). The molecule has 28 heavy (non-hydrogen) atoms. The number of hydrogen-bond acceptors (Lipinski definition) is 3. The second-order valence-corrected chi connectivity index (χ2v) is 7.33. The van der Waals surface area contributed by atoms with Crippen molar-refractivity contribution in [1.29, 1.82) is 0 Å². The zero-order valence-electron chi connectivity index (χ0n) is 17.0. The van der Waals surface area contributed by atoms with Gasteiger partial charge in [0.1, 0.15) is 0 Å². The van der Waals surface area contributed by atoms with Gasteiger partial charge in [0.15, 0.2) is 5.96 Å². The summed E-state index contributed by atoms with van der Waals surface area (Å²) in [5.41, 5.74) is 2.09.